The van der Waals surface area contributed by atoms with E-state index in [1.54, 1.807) is 6.20 Å². The van der Waals surface area contributed by atoms with Gasteiger partial charge in [0.2, 0.25) is 0 Å². The summed E-state index contributed by atoms with van der Waals surface area (Å²) in [6.07, 6.45) is 13.1. The number of aromatic nitrogens is 3. The fourth-order valence-electron chi connectivity index (χ4n) is 1.32. The Labute approximate surface area is 112 Å². The lowest BCUT2D eigenvalue weighted by Crippen LogP contribution is -2.06. The first-order valence-electron chi connectivity index (χ1n) is 5.92. The molecule has 0 fully saturated rings. The Kier molecular flexibility index (Phi) is 8.79. The van der Waals surface area contributed by atoms with Gasteiger partial charge in [0.05, 0.1) is 11.8 Å². The van der Waals surface area contributed by atoms with Crippen molar-refractivity contribution >= 4 is 11.0 Å². The van der Waals surface area contributed by atoms with E-state index >= 15 is 0 Å². The molecule has 6 heteroatoms. The topological polar surface area (TPSA) is 108 Å². The van der Waals surface area contributed by atoms with Gasteiger partial charge in [-0.3, -0.25) is 4.79 Å². The minimum Gasteiger partial charge on any atom is -0.396 e. The molecule has 0 amide bonds. The number of rotatable bonds is 3. The summed E-state index contributed by atoms with van der Waals surface area (Å²) in [5.41, 5.74) is 7.27. The second-order valence-corrected chi connectivity index (χ2v) is 3.55. The van der Waals surface area contributed by atoms with Crippen LogP contribution in [0.2, 0.25) is 0 Å². The van der Waals surface area contributed by atoms with Gasteiger partial charge in [-0.25, -0.2) is 4.98 Å². The Balaban J connectivity index is 0.000000396. The molecule has 5 N–H and O–H groups in total. The maximum Gasteiger partial charge on any atom is 0.275 e. The molecule has 0 aliphatic rings. The smallest absolute Gasteiger partial charge is 0.275 e. The third kappa shape index (κ3) is 4.95. The van der Waals surface area contributed by atoms with Crippen LogP contribution in [0.3, 0.4) is 0 Å². The number of H-pyrrole nitrogens is 2. The zero-order valence-corrected chi connectivity index (χ0v) is 11.0. The van der Waals surface area contributed by atoms with Crippen LogP contribution in [0.1, 0.15) is 25.3 Å². The second kappa shape index (κ2) is 9.88. The van der Waals surface area contributed by atoms with Crippen LogP contribution in [0, 0.1) is 12.8 Å². The fraction of sp³-hybridized carbons (Fsp3) is 0.385. The molecule has 0 bridgehead atoms. The minimum atomic E-state index is -0.167. The van der Waals surface area contributed by atoms with Crippen LogP contribution in [-0.2, 0) is 6.54 Å². The van der Waals surface area contributed by atoms with E-state index in [-0.39, 0.29) is 5.56 Å². The fourth-order valence-corrected chi connectivity index (χ4v) is 1.32. The van der Waals surface area contributed by atoms with Crippen LogP contribution in [-0.4, -0.2) is 26.7 Å². The van der Waals surface area contributed by atoms with Crippen LogP contribution >= 0.6 is 0 Å². The van der Waals surface area contributed by atoms with Crippen LogP contribution < -0.4 is 11.3 Å². The summed E-state index contributed by atoms with van der Waals surface area (Å²) in [4.78, 5) is 20.4. The van der Waals surface area contributed by atoms with Crippen molar-refractivity contribution in [3.8, 4) is 12.8 Å². The number of aromatic amines is 2. The van der Waals surface area contributed by atoms with E-state index in [1.165, 1.54) is 6.33 Å². The maximum absolute atomic E-state index is 11.1. The van der Waals surface area contributed by atoms with Gasteiger partial charge in [0.25, 0.3) is 5.56 Å². The van der Waals surface area contributed by atoms with Crippen LogP contribution in [0.5, 0.6) is 0 Å². The molecule has 2 aromatic rings. The summed E-state index contributed by atoms with van der Waals surface area (Å²) in [7, 11) is 0. The molecule has 0 aliphatic carbocycles. The number of fused-ring (bicyclic) bond motifs is 1. The summed E-state index contributed by atoms with van der Waals surface area (Å²) in [6, 6.07) is 0. The van der Waals surface area contributed by atoms with Crippen molar-refractivity contribution in [2.75, 3.05) is 6.61 Å². The zero-order chi connectivity index (χ0) is 14.7. The van der Waals surface area contributed by atoms with Gasteiger partial charge < -0.3 is 20.8 Å². The van der Waals surface area contributed by atoms with Crippen LogP contribution in [0.4, 0.5) is 0 Å². The van der Waals surface area contributed by atoms with Crippen molar-refractivity contribution < 1.29 is 5.11 Å². The Morgan fingerprint density at radius 2 is 2.11 bits per heavy atom. The molecule has 0 atom stereocenters. The summed E-state index contributed by atoms with van der Waals surface area (Å²) in [5, 5.41) is 8.07. The molecule has 2 heterocycles. The summed E-state index contributed by atoms with van der Waals surface area (Å²) >= 11 is 0. The van der Waals surface area contributed by atoms with Gasteiger partial charge in [-0.15, -0.1) is 12.8 Å². The Morgan fingerprint density at radius 1 is 1.42 bits per heavy atom. The van der Waals surface area contributed by atoms with Crippen molar-refractivity contribution in [2.45, 2.75) is 26.3 Å². The van der Waals surface area contributed by atoms with Gasteiger partial charge in [0.1, 0.15) is 5.52 Å². The molecular formula is C13H20N4O2. The van der Waals surface area contributed by atoms with Gasteiger partial charge in [-0.1, -0.05) is 13.3 Å². The van der Waals surface area contributed by atoms with E-state index in [0.717, 1.165) is 18.4 Å². The average molecular weight is 264 g/mol. The van der Waals surface area contributed by atoms with E-state index in [9.17, 15) is 4.79 Å². The standard InChI is InChI=1S/C7H8N4O.C4H10O.C2H2/c8-1-4-2-9-6-5(4)10-3-11-7(6)12;1-2-3-4-5;1-2/h2-3,9H,1,8H2,(H,10,11,12);5H,2-4H2,1H3;1-2H. The molecule has 104 valence electrons. The van der Waals surface area contributed by atoms with Gasteiger partial charge in [0, 0.05) is 24.9 Å². The quantitative estimate of drug-likeness (QED) is 0.613. The molecular weight excluding hydrogens is 244 g/mol. The maximum atomic E-state index is 11.1. The number of hydrogen-bond donors (Lipinski definition) is 4. The lowest BCUT2D eigenvalue weighted by molar-refractivity contribution is 0.287. The molecule has 0 saturated carbocycles. The van der Waals surface area contributed by atoms with Crippen molar-refractivity contribution in [3.63, 3.8) is 0 Å². The molecule has 0 aliphatic heterocycles. The number of nitrogens with one attached hydrogen (secondary N) is 2. The van der Waals surface area contributed by atoms with E-state index in [4.69, 9.17) is 10.8 Å². The van der Waals surface area contributed by atoms with E-state index in [1.807, 2.05) is 0 Å². The molecule has 0 saturated heterocycles. The van der Waals surface area contributed by atoms with Crippen LogP contribution in [0.15, 0.2) is 17.3 Å². The molecule has 2 aromatic heterocycles. The minimum absolute atomic E-state index is 0.167. The second-order valence-electron chi connectivity index (χ2n) is 3.55. The molecule has 0 unspecified atom stereocenters. The Morgan fingerprint density at radius 3 is 2.58 bits per heavy atom. The Bertz CT molecular complexity index is 540. The third-order valence-corrected chi connectivity index (χ3v) is 2.28. The first-order valence-corrected chi connectivity index (χ1v) is 5.92. The van der Waals surface area contributed by atoms with E-state index in [2.05, 4.69) is 34.7 Å². The lowest BCUT2D eigenvalue weighted by atomic mass is 10.3. The number of aliphatic hydroxyl groups is 1. The molecule has 2 rings (SSSR count). The highest BCUT2D eigenvalue weighted by atomic mass is 16.2. The number of terminal acetylenes is 1. The molecule has 19 heavy (non-hydrogen) atoms. The highest BCUT2D eigenvalue weighted by Crippen LogP contribution is 2.09. The first-order chi connectivity index (χ1) is 9.24. The summed E-state index contributed by atoms with van der Waals surface area (Å²) in [6.45, 7) is 2.78. The number of aliphatic hydroxyl groups excluding tert-OH is 1. The SMILES string of the molecule is C#C.CCCCO.NCc1c[nH]c2c(=O)[nH]cnc12. The van der Waals surface area contributed by atoms with Gasteiger partial charge in [-0.2, -0.15) is 0 Å². The van der Waals surface area contributed by atoms with E-state index in [0.29, 0.717) is 24.2 Å². The summed E-state index contributed by atoms with van der Waals surface area (Å²) < 4.78 is 0. The zero-order valence-electron chi connectivity index (χ0n) is 11.0. The molecule has 6 nitrogen and oxygen atoms in total. The summed E-state index contributed by atoms with van der Waals surface area (Å²) in [5.74, 6) is 0. The lowest BCUT2D eigenvalue weighted by Gasteiger charge is -1.89. The Hall–Kier alpha value is -2.10. The highest BCUT2D eigenvalue weighted by Gasteiger charge is 2.04. The normalized spacial score (nSPS) is 9.11. The van der Waals surface area contributed by atoms with Gasteiger partial charge in [0.15, 0.2) is 0 Å². The van der Waals surface area contributed by atoms with Crippen molar-refractivity contribution in [1.29, 1.82) is 0 Å². The monoisotopic (exact) mass is 264 g/mol. The van der Waals surface area contributed by atoms with Gasteiger partial charge in [-0.05, 0) is 6.42 Å². The molecule has 0 aromatic carbocycles. The van der Waals surface area contributed by atoms with Crippen molar-refractivity contribution in [1.82, 2.24) is 15.0 Å². The van der Waals surface area contributed by atoms with E-state index < -0.39 is 0 Å². The highest BCUT2D eigenvalue weighted by molar-refractivity contribution is 5.77. The third-order valence-electron chi connectivity index (χ3n) is 2.28. The van der Waals surface area contributed by atoms with Crippen molar-refractivity contribution in [2.24, 2.45) is 5.73 Å². The van der Waals surface area contributed by atoms with Crippen LogP contribution in [0.25, 0.3) is 11.0 Å². The average Bonchev–Trinajstić information content (AvgIpc) is 2.87. The number of hydrogen-bond acceptors (Lipinski definition) is 4. The largest absolute Gasteiger partial charge is 0.396 e. The number of nitrogens with two attached hydrogens (primary N) is 1. The predicted molar refractivity (Wildman–Crippen MR) is 76.5 cm³/mol. The first kappa shape index (κ1) is 16.9. The molecule has 0 spiro atoms. The van der Waals surface area contributed by atoms with Crippen molar-refractivity contribution in [3.05, 3.63) is 28.4 Å². The predicted octanol–water partition coefficient (Wildman–Crippen LogP) is 0.738. The number of nitrogens with zero attached hydrogens (tertiary/aromatic N) is 1. The molecule has 0 radical (unpaired) electrons. The number of unbranched alkanes of at least 4 members (excludes halogenated alkanes) is 1. The van der Waals surface area contributed by atoms with Gasteiger partial charge >= 0.3 is 0 Å².